The van der Waals surface area contributed by atoms with Crippen LogP contribution in [-0.4, -0.2) is 24.1 Å². The van der Waals surface area contributed by atoms with E-state index >= 15 is 0 Å². The number of nitrogens with zero attached hydrogens (tertiary/aromatic N) is 1. The Morgan fingerprint density at radius 2 is 2.00 bits per heavy atom. The van der Waals surface area contributed by atoms with Crippen molar-refractivity contribution in [3.63, 3.8) is 0 Å². The number of nitro benzene ring substituents is 1. The van der Waals surface area contributed by atoms with Crippen LogP contribution in [0.2, 0.25) is 0 Å². The summed E-state index contributed by atoms with van der Waals surface area (Å²) in [5.41, 5.74) is 1.30. The highest BCUT2D eigenvalue weighted by atomic mass is 16.6. The zero-order chi connectivity index (χ0) is 16.0. The smallest absolute Gasteiger partial charge is 0.347 e. The number of rotatable bonds is 7. The van der Waals surface area contributed by atoms with Crippen LogP contribution in [0.15, 0.2) is 12.1 Å². The maximum atomic E-state index is 11.7. The monoisotopic (exact) mass is 295 g/mol. The summed E-state index contributed by atoms with van der Waals surface area (Å²) in [5.74, 6) is -0.120. The van der Waals surface area contributed by atoms with Crippen molar-refractivity contribution in [2.24, 2.45) is 0 Å². The van der Waals surface area contributed by atoms with Gasteiger partial charge < -0.3 is 9.47 Å². The standard InChI is InChI=1S/C15H21NO5/c1-5-6-7-13(15(17)20-4)21-14-9-12(16(18)19)10(2)8-11(14)3/h8-9,13H,5-7H2,1-4H3. The number of carbonyl (C=O) groups is 1. The van der Waals surface area contributed by atoms with Gasteiger partial charge >= 0.3 is 5.97 Å². The topological polar surface area (TPSA) is 78.7 Å². The summed E-state index contributed by atoms with van der Waals surface area (Å²) in [6.07, 6.45) is 1.51. The van der Waals surface area contributed by atoms with Crippen LogP contribution in [0.3, 0.4) is 0 Å². The van der Waals surface area contributed by atoms with Crippen molar-refractivity contribution in [3.8, 4) is 5.75 Å². The number of carbonyl (C=O) groups excluding carboxylic acids is 1. The van der Waals surface area contributed by atoms with E-state index in [4.69, 9.17) is 9.47 Å². The minimum absolute atomic E-state index is 0.0188. The summed E-state index contributed by atoms with van der Waals surface area (Å²) in [4.78, 5) is 22.3. The quantitative estimate of drug-likeness (QED) is 0.438. The maximum Gasteiger partial charge on any atom is 0.347 e. The second-order valence-electron chi connectivity index (χ2n) is 4.93. The van der Waals surface area contributed by atoms with Crippen molar-refractivity contribution >= 4 is 11.7 Å². The van der Waals surface area contributed by atoms with Crippen LogP contribution >= 0.6 is 0 Å². The fraction of sp³-hybridized carbons (Fsp3) is 0.533. The number of methoxy groups -OCH3 is 1. The number of nitro groups is 1. The molecule has 1 rings (SSSR count). The first-order valence-electron chi connectivity index (χ1n) is 6.90. The minimum atomic E-state index is -0.740. The van der Waals surface area contributed by atoms with Gasteiger partial charge in [0.2, 0.25) is 0 Å². The van der Waals surface area contributed by atoms with Gasteiger partial charge in [0, 0.05) is 5.56 Å². The van der Waals surface area contributed by atoms with Crippen LogP contribution < -0.4 is 4.74 Å². The van der Waals surface area contributed by atoms with Crippen molar-refractivity contribution in [2.75, 3.05) is 7.11 Å². The highest BCUT2D eigenvalue weighted by molar-refractivity contribution is 5.75. The van der Waals surface area contributed by atoms with Crippen molar-refractivity contribution in [3.05, 3.63) is 33.4 Å². The van der Waals surface area contributed by atoms with Crippen LogP contribution in [0, 0.1) is 24.0 Å². The Morgan fingerprint density at radius 1 is 1.33 bits per heavy atom. The molecule has 21 heavy (non-hydrogen) atoms. The van der Waals surface area contributed by atoms with Gasteiger partial charge in [-0.25, -0.2) is 4.79 Å². The Balaban J connectivity index is 3.05. The molecule has 0 aliphatic heterocycles. The van der Waals surface area contributed by atoms with Crippen molar-refractivity contribution in [2.45, 2.75) is 46.1 Å². The molecule has 0 N–H and O–H groups in total. The first-order valence-corrected chi connectivity index (χ1v) is 6.90. The lowest BCUT2D eigenvalue weighted by molar-refractivity contribution is -0.385. The molecule has 0 fully saturated rings. The highest BCUT2D eigenvalue weighted by Gasteiger charge is 2.23. The molecule has 116 valence electrons. The van der Waals surface area contributed by atoms with Crippen LogP contribution in [-0.2, 0) is 9.53 Å². The lowest BCUT2D eigenvalue weighted by Gasteiger charge is -2.18. The third-order valence-corrected chi connectivity index (χ3v) is 3.24. The fourth-order valence-corrected chi connectivity index (χ4v) is 2.04. The molecule has 0 radical (unpaired) electrons. The van der Waals surface area contributed by atoms with Gasteiger partial charge in [-0.2, -0.15) is 0 Å². The molecule has 1 unspecified atom stereocenters. The van der Waals surface area contributed by atoms with Gasteiger partial charge in [-0.05, 0) is 38.3 Å². The van der Waals surface area contributed by atoms with Crippen molar-refractivity contribution in [1.29, 1.82) is 0 Å². The molecule has 0 saturated carbocycles. The third kappa shape index (κ3) is 4.44. The average Bonchev–Trinajstić information content (AvgIpc) is 2.44. The van der Waals surface area contributed by atoms with Crippen LogP contribution in [0.4, 0.5) is 5.69 Å². The minimum Gasteiger partial charge on any atom is -0.478 e. The van der Waals surface area contributed by atoms with E-state index in [1.54, 1.807) is 19.9 Å². The average molecular weight is 295 g/mol. The molecule has 0 aliphatic carbocycles. The number of hydrogen-bond donors (Lipinski definition) is 0. The van der Waals surface area contributed by atoms with E-state index in [9.17, 15) is 14.9 Å². The van der Waals surface area contributed by atoms with E-state index in [1.807, 2.05) is 6.92 Å². The van der Waals surface area contributed by atoms with Gasteiger partial charge in [-0.15, -0.1) is 0 Å². The van der Waals surface area contributed by atoms with Gasteiger partial charge in [0.25, 0.3) is 5.69 Å². The zero-order valence-electron chi connectivity index (χ0n) is 12.8. The molecule has 0 aliphatic rings. The van der Waals surface area contributed by atoms with Gasteiger partial charge in [-0.3, -0.25) is 10.1 Å². The van der Waals surface area contributed by atoms with Crippen LogP contribution in [0.5, 0.6) is 5.75 Å². The molecular weight excluding hydrogens is 274 g/mol. The molecular formula is C15H21NO5. The number of hydrogen-bond acceptors (Lipinski definition) is 5. The summed E-state index contributed by atoms with van der Waals surface area (Å²) in [5, 5.41) is 11.0. The lowest BCUT2D eigenvalue weighted by atomic mass is 10.1. The Kier molecular flexibility index (Phi) is 6.14. The van der Waals surface area contributed by atoms with E-state index in [-0.39, 0.29) is 5.69 Å². The molecule has 0 saturated heterocycles. The Morgan fingerprint density at radius 3 is 2.52 bits per heavy atom. The summed E-state index contributed by atoms with van der Waals surface area (Å²) in [7, 11) is 1.30. The van der Waals surface area contributed by atoms with Gasteiger partial charge in [0.15, 0.2) is 6.10 Å². The number of ether oxygens (including phenoxy) is 2. The van der Waals surface area contributed by atoms with Gasteiger partial charge in [-0.1, -0.05) is 13.3 Å². The second-order valence-corrected chi connectivity index (χ2v) is 4.93. The van der Waals surface area contributed by atoms with Crippen molar-refractivity contribution < 1.29 is 19.2 Å². The number of benzene rings is 1. The highest BCUT2D eigenvalue weighted by Crippen LogP contribution is 2.29. The molecule has 1 aromatic rings. The fourth-order valence-electron chi connectivity index (χ4n) is 2.04. The Bertz CT molecular complexity index is 527. The normalized spacial score (nSPS) is 11.8. The Labute approximate surface area is 124 Å². The first kappa shape index (κ1) is 16.9. The van der Waals surface area contributed by atoms with E-state index in [2.05, 4.69) is 0 Å². The molecule has 0 aromatic heterocycles. The second kappa shape index (κ2) is 7.61. The van der Waals surface area contributed by atoms with Crippen molar-refractivity contribution in [1.82, 2.24) is 0 Å². The molecule has 6 heteroatoms. The van der Waals surface area contributed by atoms with Gasteiger partial charge in [0.05, 0.1) is 18.1 Å². The zero-order valence-corrected chi connectivity index (χ0v) is 12.8. The van der Waals surface area contributed by atoms with E-state index in [1.165, 1.54) is 13.2 Å². The maximum absolute atomic E-state index is 11.7. The van der Waals surface area contributed by atoms with E-state index in [0.717, 1.165) is 18.4 Å². The van der Waals surface area contributed by atoms with Crippen LogP contribution in [0.1, 0.15) is 37.3 Å². The molecule has 0 amide bonds. The molecule has 6 nitrogen and oxygen atoms in total. The molecule has 1 atom stereocenters. The van der Waals surface area contributed by atoms with Crippen LogP contribution in [0.25, 0.3) is 0 Å². The summed E-state index contributed by atoms with van der Waals surface area (Å²) >= 11 is 0. The molecule has 0 heterocycles. The molecule has 0 bridgehead atoms. The molecule has 0 spiro atoms. The van der Waals surface area contributed by atoms with E-state index in [0.29, 0.717) is 17.7 Å². The number of unbranched alkanes of at least 4 members (excludes halogenated alkanes) is 1. The largest absolute Gasteiger partial charge is 0.478 e. The van der Waals surface area contributed by atoms with Gasteiger partial charge in [0.1, 0.15) is 5.75 Å². The molecule has 1 aromatic carbocycles. The first-order chi connectivity index (χ1) is 9.90. The van der Waals surface area contributed by atoms with E-state index < -0.39 is 17.0 Å². The predicted octanol–water partition coefficient (Wildman–Crippen LogP) is 3.32. The third-order valence-electron chi connectivity index (χ3n) is 3.24. The summed E-state index contributed by atoms with van der Waals surface area (Å²) in [6.45, 7) is 5.47. The summed E-state index contributed by atoms with van der Waals surface area (Å²) < 4.78 is 10.4. The lowest BCUT2D eigenvalue weighted by Crippen LogP contribution is -2.28. The predicted molar refractivity (Wildman–Crippen MR) is 78.5 cm³/mol. The number of aryl methyl sites for hydroxylation is 2. The number of esters is 1. The SMILES string of the molecule is CCCCC(Oc1cc([N+](=O)[O-])c(C)cc1C)C(=O)OC. The Hall–Kier alpha value is -2.11. The summed E-state index contributed by atoms with van der Waals surface area (Å²) in [6, 6.07) is 3.05.